The summed E-state index contributed by atoms with van der Waals surface area (Å²) in [5.74, 6) is 0.955. The first-order valence-electron chi connectivity index (χ1n) is 8.56. The second kappa shape index (κ2) is 8.24. The number of hydrogen-bond acceptors (Lipinski definition) is 6. The fourth-order valence-electron chi connectivity index (χ4n) is 2.46. The van der Waals surface area contributed by atoms with E-state index in [1.807, 2.05) is 36.4 Å². The number of H-pyrrole nitrogens is 1. The number of fused-ring (bicyclic) bond motifs is 1. The summed E-state index contributed by atoms with van der Waals surface area (Å²) >= 11 is 0. The lowest BCUT2D eigenvalue weighted by molar-refractivity contribution is 0.309. The molecule has 0 spiro atoms. The summed E-state index contributed by atoms with van der Waals surface area (Å²) < 4.78 is 5.92. The Hall–Kier alpha value is -3.22. The number of benzene rings is 2. The molecule has 0 aliphatic rings. The Morgan fingerprint density at radius 2 is 2.08 bits per heavy atom. The molecular weight excluding hydrogens is 330 g/mol. The molecule has 0 atom stereocenters. The largest absolute Gasteiger partial charge is 0.493 e. The number of aryl methyl sites for hydroxylation is 1. The molecule has 1 aromatic heterocycles. The molecule has 7 heteroatoms. The highest BCUT2D eigenvalue weighted by molar-refractivity contribution is 6.02. The van der Waals surface area contributed by atoms with Crippen molar-refractivity contribution in [3.05, 3.63) is 58.0 Å². The minimum atomic E-state index is -0.300. The number of hydrazone groups is 1. The highest BCUT2D eigenvalue weighted by Gasteiger charge is 2.07. The molecule has 0 aliphatic heterocycles. The van der Waals surface area contributed by atoms with E-state index < -0.39 is 0 Å². The van der Waals surface area contributed by atoms with Gasteiger partial charge in [0.15, 0.2) is 0 Å². The summed E-state index contributed by atoms with van der Waals surface area (Å²) in [6.45, 7) is 4.37. The van der Waals surface area contributed by atoms with Crippen molar-refractivity contribution in [1.82, 2.24) is 15.2 Å². The summed E-state index contributed by atoms with van der Waals surface area (Å²) in [6, 6.07) is 12.0. The van der Waals surface area contributed by atoms with Gasteiger partial charge in [-0.05, 0) is 30.2 Å². The van der Waals surface area contributed by atoms with Crippen LogP contribution in [-0.4, -0.2) is 28.0 Å². The van der Waals surface area contributed by atoms with Crippen LogP contribution in [0.1, 0.15) is 31.0 Å². The highest BCUT2D eigenvalue weighted by atomic mass is 16.5. The van der Waals surface area contributed by atoms with Crippen LogP contribution in [0.2, 0.25) is 0 Å². The maximum atomic E-state index is 11.6. The minimum absolute atomic E-state index is 0.186. The number of ether oxygens (including phenoxy) is 1. The van der Waals surface area contributed by atoms with Gasteiger partial charge in [0, 0.05) is 5.56 Å². The lowest BCUT2D eigenvalue weighted by Crippen LogP contribution is -2.15. The smallest absolute Gasteiger partial charge is 0.274 e. The number of aromatic nitrogens is 3. The van der Waals surface area contributed by atoms with Crippen molar-refractivity contribution >= 4 is 22.9 Å². The van der Waals surface area contributed by atoms with Crippen LogP contribution < -0.4 is 15.7 Å². The van der Waals surface area contributed by atoms with Gasteiger partial charge in [-0.1, -0.05) is 43.7 Å². The molecule has 2 aromatic carbocycles. The summed E-state index contributed by atoms with van der Waals surface area (Å²) in [5, 5.41) is 13.9. The van der Waals surface area contributed by atoms with Gasteiger partial charge < -0.3 is 4.74 Å². The molecule has 0 unspecified atom stereocenters. The molecule has 2 N–H and O–H groups in total. The molecule has 0 radical (unpaired) electrons. The molecule has 0 aliphatic carbocycles. The van der Waals surface area contributed by atoms with Crippen molar-refractivity contribution in [2.45, 2.75) is 26.7 Å². The van der Waals surface area contributed by atoms with E-state index in [0.29, 0.717) is 12.3 Å². The van der Waals surface area contributed by atoms with Gasteiger partial charge in [-0.3, -0.25) is 9.78 Å². The summed E-state index contributed by atoms with van der Waals surface area (Å²) in [6.07, 6.45) is 3.73. The molecule has 7 nitrogen and oxygen atoms in total. The van der Waals surface area contributed by atoms with E-state index in [1.54, 1.807) is 13.1 Å². The van der Waals surface area contributed by atoms with Gasteiger partial charge in [0.1, 0.15) is 11.4 Å². The third-order valence-corrected chi connectivity index (χ3v) is 3.91. The molecule has 1 heterocycles. The summed E-state index contributed by atoms with van der Waals surface area (Å²) in [4.78, 5) is 14.1. The molecule has 3 aromatic rings. The van der Waals surface area contributed by atoms with E-state index in [1.165, 1.54) is 0 Å². The number of aromatic amines is 1. The number of nitrogens with zero attached hydrogens (tertiary/aromatic N) is 3. The van der Waals surface area contributed by atoms with Crippen LogP contribution in [0.4, 0.5) is 5.95 Å². The van der Waals surface area contributed by atoms with Crippen LogP contribution in [0.15, 0.2) is 46.3 Å². The fourth-order valence-corrected chi connectivity index (χ4v) is 2.46. The first-order valence-corrected chi connectivity index (χ1v) is 8.56. The molecule has 3 rings (SSSR count). The lowest BCUT2D eigenvalue weighted by Gasteiger charge is -2.11. The molecule has 0 saturated carbocycles. The Morgan fingerprint density at radius 1 is 1.23 bits per heavy atom. The molecule has 0 fully saturated rings. The number of nitrogens with one attached hydrogen (secondary N) is 2. The Morgan fingerprint density at radius 3 is 2.88 bits per heavy atom. The van der Waals surface area contributed by atoms with Gasteiger partial charge in [0.2, 0.25) is 5.95 Å². The number of rotatable bonds is 7. The van der Waals surface area contributed by atoms with E-state index in [0.717, 1.165) is 34.9 Å². The third-order valence-electron chi connectivity index (χ3n) is 3.91. The molecule has 0 bridgehead atoms. The van der Waals surface area contributed by atoms with Gasteiger partial charge in [-0.2, -0.15) is 5.10 Å². The Labute approximate surface area is 151 Å². The molecule has 0 saturated heterocycles. The molecule has 0 amide bonds. The topological polar surface area (TPSA) is 92.3 Å². The average Bonchev–Trinajstić information content (AvgIpc) is 2.66. The van der Waals surface area contributed by atoms with Gasteiger partial charge in [-0.25, -0.2) is 5.43 Å². The standard InChI is InChI=1S/C19H21N5O2/c1-3-4-11-26-17-10-9-14-7-5-6-8-15(14)16(17)12-20-23-19-21-18(25)13(2)22-24-19/h5-10,12H,3-4,11H2,1-2H3,(H2,21,23,24,25)/b20-12+. The fraction of sp³-hybridized carbons (Fsp3) is 0.263. The Kier molecular flexibility index (Phi) is 5.58. The van der Waals surface area contributed by atoms with Crippen molar-refractivity contribution in [3.8, 4) is 5.75 Å². The zero-order valence-corrected chi connectivity index (χ0v) is 14.8. The summed E-state index contributed by atoms with van der Waals surface area (Å²) in [5.41, 5.74) is 3.58. The number of unbranched alkanes of at least 4 members (excludes halogenated alkanes) is 1. The maximum absolute atomic E-state index is 11.6. The predicted molar refractivity (Wildman–Crippen MR) is 103 cm³/mol. The second-order valence-corrected chi connectivity index (χ2v) is 5.86. The van der Waals surface area contributed by atoms with E-state index in [4.69, 9.17) is 4.74 Å². The van der Waals surface area contributed by atoms with E-state index in [9.17, 15) is 4.79 Å². The number of hydrogen-bond donors (Lipinski definition) is 2. The van der Waals surface area contributed by atoms with E-state index in [-0.39, 0.29) is 11.5 Å². The summed E-state index contributed by atoms with van der Waals surface area (Å²) in [7, 11) is 0. The van der Waals surface area contributed by atoms with Crippen LogP contribution in [0.25, 0.3) is 10.8 Å². The van der Waals surface area contributed by atoms with Gasteiger partial charge in [-0.15, -0.1) is 10.2 Å². The monoisotopic (exact) mass is 351 g/mol. The van der Waals surface area contributed by atoms with Gasteiger partial charge in [0.25, 0.3) is 5.56 Å². The second-order valence-electron chi connectivity index (χ2n) is 5.86. The van der Waals surface area contributed by atoms with Crippen molar-refractivity contribution in [2.24, 2.45) is 5.10 Å². The quantitative estimate of drug-likeness (QED) is 0.387. The SMILES string of the molecule is CCCCOc1ccc2ccccc2c1/C=N/Nc1nnc(C)c(=O)[nH]1. The normalized spacial score (nSPS) is 11.2. The van der Waals surface area contributed by atoms with Crippen LogP contribution in [-0.2, 0) is 0 Å². The van der Waals surface area contributed by atoms with Crippen LogP contribution in [0.5, 0.6) is 5.75 Å². The van der Waals surface area contributed by atoms with Crippen molar-refractivity contribution in [3.63, 3.8) is 0 Å². The molecule has 26 heavy (non-hydrogen) atoms. The Bertz CT molecular complexity index is 981. The van der Waals surface area contributed by atoms with Crippen LogP contribution in [0, 0.1) is 6.92 Å². The van der Waals surface area contributed by atoms with Gasteiger partial charge >= 0.3 is 0 Å². The molecule has 134 valence electrons. The van der Waals surface area contributed by atoms with Crippen molar-refractivity contribution in [2.75, 3.05) is 12.0 Å². The van der Waals surface area contributed by atoms with Crippen LogP contribution >= 0.6 is 0 Å². The Balaban J connectivity index is 1.89. The predicted octanol–water partition coefficient (Wildman–Crippen LogP) is 3.25. The van der Waals surface area contributed by atoms with Crippen molar-refractivity contribution in [1.29, 1.82) is 0 Å². The van der Waals surface area contributed by atoms with E-state index >= 15 is 0 Å². The zero-order valence-electron chi connectivity index (χ0n) is 14.8. The first kappa shape index (κ1) is 17.6. The zero-order chi connectivity index (χ0) is 18.4. The number of anilines is 1. The lowest BCUT2D eigenvalue weighted by atomic mass is 10.0. The minimum Gasteiger partial charge on any atom is -0.493 e. The van der Waals surface area contributed by atoms with E-state index in [2.05, 4.69) is 32.6 Å². The maximum Gasteiger partial charge on any atom is 0.274 e. The molecular formula is C19H21N5O2. The third kappa shape index (κ3) is 4.05. The van der Waals surface area contributed by atoms with Gasteiger partial charge in [0.05, 0.1) is 12.8 Å². The van der Waals surface area contributed by atoms with Crippen molar-refractivity contribution < 1.29 is 4.74 Å². The van der Waals surface area contributed by atoms with Crippen LogP contribution in [0.3, 0.4) is 0 Å². The average molecular weight is 351 g/mol. The highest BCUT2D eigenvalue weighted by Crippen LogP contribution is 2.27. The first-order chi connectivity index (χ1) is 12.7.